The number of hydrogen-bond donors (Lipinski definition) is 1. The van der Waals surface area contributed by atoms with Gasteiger partial charge >= 0.3 is 12.1 Å². The molecular weight excluding hydrogens is 413 g/mol. The van der Waals surface area contributed by atoms with Crippen LogP contribution in [0.1, 0.15) is 40.3 Å². The number of aryl methyl sites for hydroxylation is 2. The van der Waals surface area contributed by atoms with E-state index in [2.05, 4.69) is 5.16 Å². The maximum Gasteiger partial charge on any atom is 0.416 e. The van der Waals surface area contributed by atoms with Crippen LogP contribution in [0, 0.1) is 13.8 Å². The van der Waals surface area contributed by atoms with Crippen molar-refractivity contribution in [1.29, 1.82) is 0 Å². The zero-order chi connectivity index (χ0) is 23.3. The van der Waals surface area contributed by atoms with Gasteiger partial charge in [0.05, 0.1) is 12.7 Å². The second-order valence-corrected chi connectivity index (χ2v) is 6.75. The van der Waals surface area contributed by atoms with E-state index in [1.807, 2.05) is 13.8 Å². The van der Waals surface area contributed by atoms with E-state index in [0.29, 0.717) is 16.7 Å². The van der Waals surface area contributed by atoms with Crippen molar-refractivity contribution >= 4 is 23.0 Å². The smallest absolute Gasteiger partial charge is 0.416 e. The normalized spacial score (nSPS) is 12.9. The van der Waals surface area contributed by atoms with Gasteiger partial charge in [0, 0.05) is 16.7 Å². The summed E-state index contributed by atoms with van der Waals surface area (Å²) in [4.78, 5) is 22.2. The van der Waals surface area contributed by atoms with Gasteiger partial charge in [-0.05, 0) is 61.7 Å². The summed E-state index contributed by atoms with van der Waals surface area (Å²) in [7, 11) is 2.46. The molecule has 2 aromatic carbocycles. The van der Waals surface area contributed by atoms with Gasteiger partial charge in [0.25, 0.3) is 0 Å². The molecule has 2 rings (SSSR count). The number of benzene rings is 2. The molecule has 6 nitrogen and oxygen atoms in total. The highest BCUT2D eigenvalue weighted by molar-refractivity contribution is 6.44. The van der Waals surface area contributed by atoms with Gasteiger partial charge in [0.2, 0.25) is 0 Å². The van der Waals surface area contributed by atoms with E-state index in [-0.39, 0.29) is 17.0 Å². The van der Waals surface area contributed by atoms with Gasteiger partial charge in [-0.2, -0.15) is 19.1 Å². The number of carbonyl (C=O) groups excluding carboxylic acids is 1. The number of ether oxygens (including phenoxy) is 1. The topological polar surface area (TPSA) is 83.1 Å². The van der Waals surface area contributed by atoms with E-state index in [1.54, 1.807) is 19.1 Å². The number of halogens is 3. The number of carbonyl (C=O) groups is 1. The van der Waals surface area contributed by atoms with Crippen molar-refractivity contribution in [2.75, 3.05) is 14.2 Å². The molecule has 0 saturated carbocycles. The summed E-state index contributed by atoms with van der Waals surface area (Å²) in [5, 5.41) is 3.77. The highest BCUT2D eigenvalue weighted by Gasteiger charge is 2.31. The van der Waals surface area contributed by atoms with Gasteiger partial charge in [-0.15, -0.1) is 0 Å². The van der Waals surface area contributed by atoms with Gasteiger partial charge in [0.1, 0.15) is 7.11 Å². The van der Waals surface area contributed by atoms with E-state index in [1.165, 1.54) is 26.4 Å². The van der Waals surface area contributed by atoms with Crippen LogP contribution in [0.4, 0.5) is 13.2 Å². The number of allylic oxidation sites excluding steroid dienone is 1. The van der Waals surface area contributed by atoms with Crippen molar-refractivity contribution in [3.8, 4) is 0 Å². The lowest BCUT2D eigenvalue weighted by Crippen LogP contribution is -2.20. The molecule has 0 radical (unpaired) electrons. The molecule has 0 aliphatic heterocycles. The van der Waals surface area contributed by atoms with Crippen molar-refractivity contribution in [3.05, 3.63) is 69.8 Å². The average Bonchev–Trinajstić information content (AvgIpc) is 2.73. The fourth-order valence-corrected chi connectivity index (χ4v) is 3.00. The molecule has 0 amide bonds. The van der Waals surface area contributed by atoms with Gasteiger partial charge in [0.15, 0.2) is 11.5 Å². The zero-order valence-corrected chi connectivity index (χ0v) is 17.8. The van der Waals surface area contributed by atoms with Crippen molar-refractivity contribution in [3.63, 3.8) is 0 Å². The average molecular weight is 436 g/mol. The van der Waals surface area contributed by atoms with Crippen LogP contribution in [0.5, 0.6) is 0 Å². The molecule has 0 heterocycles. The molecule has 0 aliphatic carbocycles. The van der Waals surface area contributed by atoms with Crippen molar-refractivity contribution in [2.24, 2.45) is 11.1 Å². The Morgan fingerprint density at radius 1 is 1.03 bits per heavy atom. The van der Waals surface area contributed by atoms with Crippen LogP contribution in [0.25, 0.3) is 11.3 Å². The van der Waals surface area contributed by atoms with Gasteiger partial charge < -0.3 is 14.4 Å². The number of nitrogens with zero attached hydrogens (tertiary/aromatic N) is 1. The third-order valence-corrected chi connectivity index (χ3v) is 4.78. The Hall–Kier alpha value is -3.33. The molecule has 31 heavy (non-hydrogen) atoms. The maximum absolute atomic E-state index is 13.2. The molecule has 0 atom stereocenters. The summed E-state index contributed by atoms with van der Waals surface area (Å²) in [6.07, 6.45) is -4.51. The number of alkyl halides is 3. The molecule has 2 aromatic rings. The lowest BCUT2D eigenvalue weighted by molar-refractivity contribution is -0.137. The number of methoxy groups -OCH3 is 1. The van der Waals surface area contributed by atoms with Crippen molar-refractivity contribution in [1.82, 2.24) is 0 Å². The molecule has 0 bridgehead atoms. The molecule has 0 saturated heterocycles. The quantitative estimate of drug-likeness (QED) is 0.235. The van der Waals surface area contributed by atoms with Crippen LogP contribution in [-0.2, 0) is 25.4 Å². The lowest BCUT2D eigenvalue weighted by atomic mass is 9.92. The summed E-state index contributed by atoms with van der Waals surface area (Å²) in [6, 6.07) is 8.16. The molecule has 9 heteroatoms. The summed E-state index contributed by atoms with van der Waals surface area (Å²) in [6.45, 7) is 5.24. The lowest BCUT2D eigenvalue weighted by Gasteiger charge is -2.18. The van der Waals surface area contributed by atoms with E-state index in [4.69, 9.17) is 20.3 Å². The molecule has 166 valence electrons. The molecule has 0 fully saturated rings. The van der Waals surface area contributed by atoms with E-state index in [0.717, 1.165) is 23.3 Å². The Balaban J connectivity index is 2.82. The summed E-state index contributed by atoms with van der Waals surface area (Å²) in [5.74, 6) is 4.85. The Morgan fingerprint density at radius 3 is 2.16 bits per heavy atom. The minimum absolute atomic E-state index is 0.0742. The minimum Gasteiger partial charge on any atom is -0.464 e. The first-order chi connectivity index (χ1) is 14.5. The fourth-order valence-electron chi connectivity index (χ4n) is 3.00. The molecule has 0 spiro atoms. The van der Waals surface area contributed by atoms with Gasteiger partial charge in [-0.3, -0.25) is 0 Å². The largest absolute Gasteiger partial charge is 0.464 e. The standard InChI is InChI=1S/C22H23F3N2O4/c1-12-9-17(19(27-30-5)21(28)29-4)18(10-13(12)2)20(31-26)14(3)15-7-6-8-16(11-15)22(23,24)25/h6-11H,26H2,1-5H3. The Morgan fingerprint density at radius 2 is 1.65 bits per heavy atom. The first kappa shape index (κ1) is 23.9. The number of rotatable bonds is 6. The van der Waals surface area contributed by atoms with E-state index in [9.17, 15) is 18.0 Å². The molecule has 0 aromatic heterocycles. The van der Waals surface area contributed by atoms with Crippen LogP contribution < -0.4 is 5.90 Å². The minimum atomic E-state index is -4.51. The van der Waals surface area contributed by atoms with E-state index < -0.39 is 17.7 Å². The number of nitrogens with two attached hydrogens (primary N) is 1. The summed E-state index contributed by atoms with van der Waals surface area (Å²) >= 11 is 0. The van der Waals surface area contributed by atoms with Crippen LogP contribution in [0.3, 0.4) is 0 Å². The second kappa shape index (κ2) is 9.65. The van der Waals surface area contributed by atoms with Gasteiger partial charge in [-0.1, -0.05) is 17.3 Å². The number of esters is 1. The Kier molecular flexibility index (Phi) is 7.46. The predicted molar refractivity (Wildman–Crippen MR) is 111 cm³/mol. The second-order valence-electron chi connectivity index (χ2n) is 6.75. The third kappa shape index (κ3) is 5.24. The van der Waals surface area contributed by atoms with Gasteiger partial charge in [-0.25, -0.2) is 4.79 Å². The van der Waals surface area contributed by atoms with Crippen LogP contribution in [0.2, 0.25) is 0 Å². The zero-order valence-electron chi connectivity index (χ0n) is 17.8. The number of hydrogen-bond acceptors (Lipinski definition) is 6. The van der Waals surface area contributed by atoms with Crippen LogP contribution >= 0.6 is 0 Å². The molecule has 0 aliphatic rings. The summed E-state index contributed by atoms with van der Waals surface area (Å²) in [5.41, 5.74) is 1.95. The molecule has 0 unspecified atom stereocenters. The highest BCUT2D eigenvalue weighted by Crippen LogP contribution is 2.34. The SMILES string of the molecule is CON=C(C(=O)OC)c1cc(C)c(C)cc1C(ON)=C(C)c1cccc(C(F)(F)F)c1. The summed E-state index contributed by atoms with van der Waals surface area (Å²) < 4.78 is 44.3. The fraction of sp³-hybridized carbons (Fsp3) is 0.273. The van der Waals surface area contributed by atoms with Crippen LogP contribution in [-0.4, -0.2) is 25.9 Å². The maximum atomic E-state index is 13.2. The number of oxime groups is 1. The third-order valence-electron chi connectivity index (χ3n) is 4.78. The van der Waals surface area contributed by atoms with Crippen LogP contribution in [0.15, 0.2) is 41.6 Å². The monoisotopic (exact) mass is 436 g/mol. The molecular formula is C22H23F3N2O4. The first-order valence-corrected chi connectivity index (χ1v) is 9.11. The highest BCUT2D eigenvalue weighted by atomic mass is 19.4. The Bertz CT molecular complexity index is 1040. The van der Waals surface area contributed by atoms with E-state index >= 15 is 0 Å². The predicted octanol–water partition coefficient (Wildman–Crippen LogP) is 4.62. The van der Waals surface area contributed by atoms with Crippen molar-refractivity contribution in [2.45, 2.75) is 26.9 Å². The first-order valence-electron chi connectivity index (χ1n) is 9.11. The Labute approximate surface area is 178 Å². The van der Waals surface area contributed by atoms with Crippen molar-refractivity contribution < 1.29 is 32.4 Å². The molecule has 2 N–H and O–H groups in total.